The molecule has 4 nitrogen and oxygen atoms in total. The summed E-state index contributed by atoms with van der Waals surface area (Å²) in [5, 5.41) is 6.23. The van der Waals surface area contributed by atoms with Gasteiger partial charge in [-0.25, -0.2) is 14.6 Å². The Hall–Kier alpha value is -2.74. The van der Waals surface area contributed by atoms with E-state index >= 15 is 0 Å². The van der Waals surface area contributed by atoms with Crippen LogP contribution in [0.15, 0.2) is 54.3 Å². The summed E-state index contributed by atoms with van der Waals surface area (Å²) in [7, 11) is 0. The van der Waals surface area contributed by atoms with Gasteiger partial charge in [0.25, 0.3) is 0 Å². The summed E-state index contributed by atoms with van der Waals surface area (Å²) >= 11 is 1.42. The average Bonchev–Trinajstić information content (AvgIpc) is 3.22. The fourth-order valence-electron chi connectivity index (χ4n) is 2.46. The van der Waals surface area contributed by atoms with Gasteiger partial charge in [-0.05, 0) is 11.6 Å². The second-order valence-corrected chi connectivity index (χ2v) is 5.89. The maximum Gasteiger partial charge on any atom is 0.435 e. The van der Waals surface area contributed by atoms with Crippen LogP contribution in [0.1, 0.15) is 5.69 Å². The van der Waals surface area contributed by atoms with Crippen molar-refractivity contribution in [2.75, 3.05) is 0 Å². The molecule has 0 aliphatic carbocycles. The van der Waals surface area contributed by atoms with E-state index in [2.05, 4.69) is 15.1 Å². The Bertz CT molecular complexity index is 1010. The van der Waals surface area contributed by atoms with Crippen LogP contribution in [0, 0.1) is 0 Å². The number of rotatable bonds is 2. The molecule has 120 valence electrons. The first-order valence-corrected chi connectivity index (χ1v) is 7.83. The molecule has 24 heavy (non-hydrogen) atoms. The van der Waals surface area contributed by atoms with Gasteiger partial charge in [-0.3, -0.25) is 0 Å². The molecule has 0 radical (unpaired) electrons. The number of alkyl halides is 3. The first-order chi connectivity index (χ1) is 11.5. The van der Waals surface area contributed by atoms with Gasteiger partial charge in [0, 0.05) is 17.1 Å². The molecular weight excluding hydrogens is 337 g/mol. The van der Waals surface area contributed by atoms with E-state index in [0.29, 0.717) is 16.0 Å². The van der Waals surface area contributed by atoms with Gasteiger partial charge in [-0.2, -0.15) is 18.3 Å². The fourth-order valence-corrected chi connectivity index (χ4v) is 3.37. The Morgan fingerprint density at radius 2 is 1.79 bits per heavy atom. The smallest absolute Gasteiger partial charge is 0.225 e. The molecule has 0 saturated carbocycles. The first kappa shape index (κ1) is 14.8. The number of aromatic nitrogens is 4. The summed E-state index contributed by atoms with van der Waals surface area (Å²) in [6.45, 7) is 0. The molecular formula is C16H9F3N4S. The highest BCUT2D eigenvalue weighted by molar-refractivity contribution is 7.17. The largest absolute Gasteiger partial charge is 0.435 e. The highest BCUT2D eigenvalue weighted by Crippen LogP contribution is 2.36. The molecule has 0 aliphatic heterocycles. The lowest BCUT2D eigenvalue weighted by Gasteiger charge is -2.06. The van der Waals surface area contributed by atoms with Gasteiger partial charge in [0.2, 0.25) is 0 Å². The van der Waals surface area contributed by atoms with Gasteiger partial charge in [0.15, 0.2) is 11.5 Å². The van der Waals surface area contributed by atoms with Crippen LogP contribution in [-0.2, 0) is 6.18 Å². The summed E-state index contributed by atoms with van der Waals surface area (Å²) < 4.78 is 39.6. The number of benzene rings is 1. The second-order valence-electron chi connectivity index (χ2n) is 5.04. The molecule has 0 aliphatic rings. The number of nitrogens with zero attached hydrogens (tertiary/aromatic N) is 4. The lowest BCUT2D eigenvalue weighted by Crippen LogP contribution is -2.08. The molecule has 0 amide bonds. The molecule has 0 atom stereocenters. The van der Waals surface area contributed by atoms with E-state index in [9.17, 15) is 13.2 Å². The maximum absolute atomic E-state index is 12.8. The van der Waals surface area contributed by atoms with E-state index in [1.165, 1.54) is 23.9 Å². The van der Waals surface area contributed by atoms with Gasteiger partial charge in [-0.1, -0.05) is 30.3 Å². The third-order valence-electron chi connectivity index (χ3n) is 3.53. The van der Waals surface area contributed by atoms with Crippen molar-refractivity contribution in [1.82, 2.24) is 19.7 Å². The molecule has 4 rings (SSSR count). The Morgan fingerprint density at radius 1 is 1.00 bits per heavy atom. The molecule has 0 saturated heterocycles. The molecule has 1 aromatic carbocycles. The molecule has 0 N–H and O–H groups in total. The van der Waals surface area contributed by atoms with Crippen molar-refractivity contribution in [3.63, 3.8) is 0 Å². The molecule has 0 spiro atoms. The first-order valence-electron chi connectivity index (χ1n) is 6.95. The minimum Gasteiger partial charge on any atom is -0.225 e. The zero-order valence-electron chi connectivity index (χ0n) is 12.0. The molecule has 0 unspecified atom stereocenters. The average molecular weight is 346 g/mol. The van der Waals surface area contributed by atoms with Crippen molar-refractivity contribution < 1.29 is 13.2 Å². The quantitative estimate of drug-likeness (QED) is 0.534. The van der Waals surface area contributed by atoms with Crippen molar-refractivity contribution >= 4 is 21.6 Å². The minimum atomic E-state index is -4.49. The van der Waals surface area contributed by atoms with E-state index in [1.54, 1.807) is 0 Å². The number of halogens is 3. The predicted molar refractivity (Wildman–Crippen MR) is 85.0 cm³/mol. The van der Waals surface area contributed by atoms with Crippen molar-refractivity contribution in [3.8, 4) is 16.9 Å². The second kappa shape index (κ2) is 5.41. The minimum absolute atomic E-state index is 0.329. The summed E-state index contributed by atoms with van der Waals surface area (Å²) in [4.78, 5) is 9.07. The zero-order chi connectivity index (χ0) is 16.7. The molecule has 8 heteroatoms. The van der Waals surface area contributed by atoms with Crippen LogP contribution in [-0.4, -0.2) is 19.7 Å². The van der Waals surface area contributed by atoms with Crippen LogP contribution in [0.5, 0.6) is 0 Å². The number of fused-ring (bicyclic) bond motifs is 1. The SMILES string of the molecule is FC(F)(F)c1ccn(-c2ncnc3scc(-c4ccccc4)c23)n1. The maximum atomic E-state index is 12.8. The Morgan fingerprint density at radius 3 is 2.50 bits per heavy atom. The summed E-state index contributed by atoms with van der Waals surface area (Å²) in [6.07, 6.45) is -1.90. The molecule has 3 aromatic heterocycles. The van der Waals surface area contributed by atoms with Crippen LogP contribution >= 0.6 is 11.3 Å². The fraction of sp³-hybridized carbons (Fsp3) is 0.0625. The van der Waals surface area contributed by atoms with Crippen molar-refractivity contribution in [3.05, 3.63) is 60.0 Å². The van der Waals surface area contributed by atoms with Crippen LogP contribution in [0.2, 0.25) is 0 Å². The summed E-state index contributed by atoms with van der Waals surface area (Å²) in [6, 6.07) is 10.5. The predicted octanol–water partition coefficient (Wildman–Crippen LogP) is 4.56. The monoisotopic (exact) mass is 346 g/mol. The lowest BCUT2D eigenvalue weighted by atomic mass is 10.1. The van der Waals surface area contributed by atoms with Crippen LogP contribution < -0.4 is 0 Å². The highest BCUT2D eigenvalue weighted by atomic mass is 32.1. The van der Waals surface area contributed by atoms with E-state index in [0.717, 1.165) is 21.9 Å². The van der Waals surface area contributed by atoms with Crippen molar-refractivity contribution in [2.24, 2.45) is 0 Å². The van der Waals surface area contributed by atoms with Crippen LogP contribution in [0.25, 0.3) is 27.2 Å². The summed E-state index contributed by atoms with van der Waals surface area (Å²) in [5.74, 6) is 0.329. The molecule has 0 fully saturated rings. The molecule has 4 aromatic rings. The van der Waals surface area contributed by atoms with E-state index in [-0.39, 0.29) is 0 Å². The van der Waals surface area contributed by atoms with Gasteiger partial charge in [0.1, 0.15) is 11.2 Å². The highest BCUT2D eigenvalue weighted by Gasteiger charge is 2.34. The van der Waals surface area contributed by atoms with E-state index in [1.807, 2.05) is 35.7 Å². The lowest BCUT2D eigenvalue weighted by molar-refractivity contribution is -0.141. The Balaban J connectivity index is 1.93. The Labute approximate surface area is 138 Å². The van der Waals surface area contributed by atoms with Gasteiger partial charge in [0.05, 0.1) is 5.39 Å². The van der Waals surface area contributed by atoms with E-state index in [4.69, 9.17) is 0 Å². The van der Waals surface area contributed by atoms with Crippen LogP contribution in [0.3, 0.4) is 0 Å². The van der Waals surface area contributed by atoms with Crippen LogP contribution in [0.4, 0.5) is 13.2 Å². The third-order valence-corrected chi connectivity index (χ3v) is 4.42. The number of hydrogen-bond acceptors (Lipinski definition) is 4. The van der Waals surface area contributed by atoms with Gasteiger partial charge in [-0.15, -0.1) is 11.3 Å². The van der Waals surface area contributed by atoms with Gasteiger partial charge < -0.3 is 0 Å². The van der Waals surface area contributed by atoms with Crippen molar-refractivity contribution in [1.29, 1.82) is 0 Å². The number of hydrogen-bond donors (Lipinski definition) is 0. The normalized spacial score (nSPS) is 12.0. The van der Waals surface area contributed by atoms with Gasteiger partial charge >= 0.3 is 6.18 Å². The van der Waals surface area contributed by atoms with Crippen molar-refractivity contribution in [2.45, 2.75) is 6.18 Å². The Kier molecular flexibility index (Phi) is 3.34. The zero-order valence-corrected chi connectivity index (χ0v) is 12.8. The molecule has 3 heterocycles. The van der Waals surface area contributed by atoms with E-state index < -0.39 is 11.9 Å². The standard InChI is InChI=1S/C16H9F3N4S/c17-16(18,19)12-6-7-23(22-12)14-13-11(10-4-2-1-3-5-10)8-24-15(13)21-9-20-14/h1-9H. The summed E-state index contributed by atoms with van der Waals surface area (Å²) in [5.41, 5.74) is 0.865. The number of thiophene rings is 1. The molecule has 0 bridgehead atoms. The topological polar surface area (TPSA) is 43.6 Å². The third kappa shape index (κ3) is 2.44.